The standard InChI is InChI=1S/C25H17N11O5/c1-41-19-11-15(36(39)40)7-8-18(19)31-24(38)20(21-30-17-6-3-2-5-16(17)23(37)32-21)33-34-22-14(12-26)13-29-35(22)25-27-9-4-10-28-25/h2-11,13,20H,1H3,(H,31,38)(H,30,32,37). The van der Waals surface area contributed by atoms with E-state index >= 15 is 0 Å². The molecule has 2 aromatic carbocycles. The fraction of sp³-hybridized carbons (Fsp3) is 0.0800. The molecule has 5 rings (SSSR count). The number of para-hydroxylation sites is 1. The lowest BCUT2D eigenvalue weighted by Gasteiger charge is -2.14. The van der Waals surface area contributed by atoms with E-state index in [-0.39, 0.29) is 45.7 Å². The summed E-state index contributed by atoms with van der Waals surface area (Å²) < 4.78 is 6.36. The smallest absolute Gasteiger partial charge is 0.273 e. The quantitative estimate of drug-likeness (QED) is 0.163. The molecule has 202 valence electrons. The normalized spacial score (nSPS) is 11.7. The van der Waals surface area contributed by atoms with Crippen molar-refractivity contribution in [1.82, 2.24) is 29.7 Å². The third-order valence-electron chi connectivity index (χ3n) is 5.67. The second kappa shape index (κ2) is 11.2. The Bertz CT molecular complexity index is 1910. The van der Waals surface area contributed by atoms with Gasteiger partial charge in [0.1, 0.15) is 23.2 Å². The number of benzene rings is 2. The number of nitro groups is 1. The van der Waals surface area contributed by atoms with Crippen molar-refractivity contribution in [3.05, 3.63) is 99.0 Å². The SMILES string of the molecule is COc1cc([N+](=O)[O-])ccc1NC(=O)C(N=Nc1c(C#N)cnn1-c1ncccn1)c1nc2ccccc2c(=O)[nH]1. The molecule has 3 aromatic heterocycles. The molecule has 2 N–H and O–H groups in total. The Labute approximate surface area is 229 Å². The zero-order valence-corrected chi connectivity index (χ0v) is 21.0. The molecule has 16 heteroatoms. The number of nitrogens with zero attached hydrogens (tertiary/aromatic N) is 9. The summed E-state index contributed by atoms with van der Waals surface area (Å²) in [7, 11) is 1.28. The fourth-order valence-electron chi connectivity index (χ4n) is 3.74. The first kappa shape index (κ1) is 26.2. The maximum atomic E-state index is 13.6. The number of methoxy groups -OCH3 is 1. The summed E-state index contributed by atoms with van der Waals surface area (Å²) >= 11 is 0. The van der Waals surface area contributed by atoms with E-state index in [0.29, 0.717) is 5.52 Å². The van der Waals surface area contributed by atoms with Gasteiger partial charge in [-0.3, -0.25) is 19.7 Å². The third kappa shape index (κ3) is 5.31. The highest BCUT2D eigenvalue weighted by molar-refractivity contribution is 5.96. The number of nitrogens with one attached hydrogen (secondary N) is 2. The van der Waals surface area contributed by atoms with Crippen LogP contribution in [0.4, 0.5) is 17.2 Å². The number of hydrogen-bond donors (Lipinski definition) is 2. The molecule has 1 unspecified atom stereocenters. The Kier molecular flexibility index (Phi) is 7.15. The number of carbonyl (C=O) groups excluding carboxylic acids is 1. The summed E-state index contributed by atoms with van der Waals surface area (Å²) in [5.74, 6) is -0.949. The Hall–Kier alpha value is -6.37. The lowest BCUT2D eigenvalue weighted by Crippen LogP contribution is -2.24. The van der Waals surface area contributed by atoms with Gasteiger partial charge in [-0.15, -0.1) is 5.11 Å². The molecule has 41 heavy (non-hydrogen) atoms. The van der Waals surface area contributed by atoms with E-state index in [0.717, 1.165) is 10.7 Å². The molecule has 16 nitrogen and oxygen atoms in total. The zero-order chi connectivity index (χ0) is 28.9. The van der Waals surface area contributed by atoms with Crippen LogP contribution < -0.4 is 15.6 Å². The van der Waals surface area contributed by atoms with Crippen molar-refractivity contribution in [2.75, 3.05) is 12.4 Å². The average molecular weight is 551 g/mol. The molecule has 0 aliphatic carbocycles. The molecule has 0 saturated carbocycles. The van der Waals surface area contributed by atoms with Crippen LogP contribution in [0, 0.1) is 21.4 Å². The number of non-ortho nitro benzene ring substituents is 1. The number of nitro benzene ring substituents is 1. The maximum Gasteiger partial charge on any atom is 0.273 e. The van der Waals surface area contributed by atoms with Gasteiger partial charge < -0.3 is 15.0 Å². The number of aromatic amines is 1. The molecule has 1 atom stereocenters. The summed E-state index contributed by atoms with van der Waals surface area (Å²) in [6.45, 7) is 0. The zero-order valence-electron chi connectivity index (χ0n) is 21.0. The fourth-order valence-corrected chi connectivity index (χ4v) is 3.74. The summed E-state index contributed by atoms with van der Waals surface area (Å²) in [4.78, 5) is 52.1. The van der Waals surface area contributed by atoms with Crippen molar-refractivity contribution in [3.8, 4) is 17.8 Å². The molecule has 5 aromatic rings. The third-order valence-corrected chi connectivity index (χ3v) is 5.67. The number of fused-ring (bicyclic) bond motifs is 1. The van der Waals surface area contributed by atoms with Crippen molar-refractivity contribution in [2.24, 2.45) is 10.2 Å². The van der Waals surface area contributed by atoms with E-state index in [1.165, 1.54) is 37.8 Å². The van der Waals surface area contributed by atoms with Crippen molar-refractivity contribution >= 4 is 34.0 Å². The van der Waals surface area contributed by atoms with Crippen molar-refractivity contribution in [2.45, 2.75) is 6.04 Å². The Balaban J connectivity index is 1.60. The predicted octanol–water partition coefficient (Wildman–Crippen LogP) is 3.15. The number of carbonyl (C=O) groups is 1. The minimum Gasteiger partial charge on any atom is -0.494 e. The van der Waals surface area contributed by atoms with Gasteiger partial charge in [-0.1, -0.05) is 12.1 Å². The maximum absolute atomic E-state index is 13.6. The number of ether oxygens (including phenoxy) is 1. The molecule has 0 fully saturated rings. The van der Waals surface area contributed by atoms with Crippen LogP contribution in [0.25, 0.3) is 16.9 Å². The van der Waals surface area contributed by atoms with Crippen LogP contribution in [0.2, 0.25) is 0 Å². The second-order valence-corrected chi connectivity index (χ2v) is 8.17. The van der Waals surface area contributed by atoms with E-state index in [2.05, 4.69) is 40.6 Å². The number of hydrogen-bond acceptors (Lipinski definition) is 12. The van der Waals surface area contributed by atoms with Crippen LogP contribution in [0.5, 0.6) is 5.75 Å². The van der Waals surface area contributed by atoms with Crippen LogP contribution in [0.3, 0.4) is 0 Å². The molecule has 0 radical (unpaired) electrons. The van der Waals surface area contributed by atoms with Crippen molar-refractivity contribution < 1.29 is 14.5 Å². The van der Waals surface area contributed by atoms with Crippen LogP contribution in [0.15, 0.2) is 82.1 Å². The number of H-pyrrole nitrogens is 1. The molecule has 0 saturated heterocycles. The van der Waals surface area contributed by atoms with E-state index in [9.17, 15) is 25.0 Å². The summed E-state index contributed by atoms with van der Waals surface area (Å²) in [6.07, 6.45) is 4.17. The van der Waals surface area contributed by atoms with Gasteiger partial charge in [-0.2, -0.15) is 20.2 Å². The first-order valence-electron chi connectivity index (χ1n) is 11.7. The summed E-state index contributed by atoms with van der Waals surface area (Å²) in [5, 5.41) is 36.0. The van der Waals surface area contributed by atoms with E-state index in [1.54, 1.807) is 30.3 Å². The van der Waals surface area contributed by atoms with Crippen LogP contribution in [-0.4, -0.2) is 47.7 Å². The second-order valence-electron chi connectivity index (χ2n) is 8.17. The van der Waals surface area contributed by atoms with Gasteiger partial charge in [-0.25, -0.2) is 15.0 Å². The first-order valence-corrected chi connectivity index (χ1v) is 11.7. The largest absolute Gasteiger partial charge is 0.494 e. The minimum absolute atomic E-state index is 0.00859. The van der Waals surface area contributed by atoms with Crippen molar-refractivity contribution in [3.63, 3.8) is 0 Å². The van der Waals surface area contributed by atoms with Crippen LogP contribution >= 0.6 is 0 Å². The highest BCUT2D eigenvalue weighted by Gasteiger charge is 2.26. The van der Waals surface area contributed by atoms with Gasteiger partial charge in [-0.05, 0) is 24.3 Å². The number of amides is 1. The summed E-state index contributed by atoms with van der Waals surface area (Å²) in [6, 6.07) is 12.1. The van der Waals surface area contributed by atoms with Gasteiger partial charge in [0, 0.05) is 18.5 Å². The monoisotopic (exact) mass is 551 g/mol. The number of rotatable bonds is 8. The minimum atomic E-state index is -1.56. The topological polar surface area (TPSA) is 219 Å². The highest BCUT2D eigenvalue weighted by atomic mass is 16.6. The number of anilines is 1. The van der Waals surface area contributed by atoms with Crippen LogP contribution in [0.1, 0.15) is 17.4 Å². The molecule has 1 amide bonds. The average Bonchev–Trinajstić information content (AvgIpc) is 3.40. The van der Waals surface area contributed by atoms with Gasteiger partial charge >= 0.3 is 0 Å². The number of nitriles is 1. The van der Waals surface area contributed by atoms with Gasteiger partial charge in [0.2, 0.25) is 6.04 Å². The Morgan fingerprint density at radius 1 is 1.22 bits per heavy atom. The molecule has 0 aliphatic rings. The molecular weight excluding hydrogens is 534 g/mol. The number of aromatic nitrogens is 6. The van der Waals surface area contributed by atoms with Gasteiger partial charge in [0.25, 0.3) is 23.1 Å². The molecule has 0 spiro atoms. The first-order chi connectivity index (χ1) is 19.9. The predicted molar refractivity (Wildman–Crippen MR) is 142 cm³/mol. The molecule has 0 bridgehead atoms. The van der Waals surface area contributed by atoms with Crippen molar-refractivity contribution in [1.29, 1.82) is 5.26 Å². The van der Waals surface area contributed by atoms with E-state index in [1.807, 2.05) is 6.07 Å². The Morgan fingerprint density at radius 3 is 2.73 bits per heavy atom. The van der Waals surface area contributed by atoms with Gasteiger partial charge in [0.05, 0.1) is 40.9 Å². The molecule has 3 heterocycles. The van der Waals surface area contributed by atoms with E-state index in [4.69, 9.17) is 4.74 Å². The lowest BCUT2D eigenvalue weighted by molar-refractivity contribution is -0.384. The van der Waals surface area contributed by atoms with E-state index < -0.39 is 22.4 Å². The summed E-state index contributed by atoms with van der Waals surface area (Å²) in [5.41, 5.74) is -0.374. The molecule has 0 aliphatic heterocycles. The van der Waals surface area contributed by atoms with Crippen LogP contribution in [-0.2, 0) is 4.79 Å². The number of azo groups is 1. The Morgan fingerprint density at radius 2 is 2.00 bits per heavy atom. The molecular formula is C25H17N11O5. The van der Waals surface area contributed by atoms with Gasteiger partial charge in [0.15, 0.2) is 5.82 Å². The highest BCUT2D eigenvalue weighted by Crippen LogP contribution is 2.31. The lowest BCUT2D eigenvalue weighted by atomic mass is 10.2.